The number of anilines is 1. The molecule has 102 valence electrons. The van der Waals surface area contributed by atoms with Crippen LogP contribution in [-0.2, 0) is 9.59 Å². The van der Waals surface area contributed by atoms with Crippen molar-refractivity contribution in [3.63, 3.8) is 0 Å². The van der Waals surface area contributed by atoms with E-state index in [0.29, 0.717) is 0 Å². The number of nitrogens with zero attached hydrogens (tertiary/aromatic N) is 2. The average molecular weight is 262 g/mol. The van der Waals surface area contributed by atoms with Crippen molar-refractivity contribution >= 4 is 17.5 Å². The van der Waals surface area contributed by atoms with Crippen molar-refractivity contribution in [1.82, 2.24) is 4.90 Å². The molecule has 0 spiro atoms. The minimum Gasteiger partial charge on any atom is -0.396 e. The summed E-state index contributed by atoms with van der Waals surface area (Å²) in [6, 6.07) is 7.60. The predicted molar refractivity (Wildman–Crippen MR) is 71.9 cm³/mol. The summed E-state index contributed by atoms with van der Waals surface area (Å²) in [4.78, 5) is 26.2. The molecule has 1 heterocycles. The van der Waals surface area contributed by atoms with Gasteiger partial charge < -0.3 is 10.0 Å². The van der Waals surface area contributed by atoms with Crippen molar-refractivity contribution in [2.24, 2.45) is 0 Å². The van der Waals surface area contributed by atoms with E-state index in [1.54, 1.807) is 4.90 Å². The van der Waals surface area contributed by atoms with Gasteiger partial charge in [0.2, 0.25) is 11.8 Å². The molecule has 0 bridgehead atoms. The second-order valence-electron chi connectivity index (χ2n) is 4.88. The summed E-state index contributed by atoms with van der Waals surface area (Å²) in [5, 5.41) is 9.10. The van der Waals surface area contributed by atoms with Crippen LogP contribution in [0.4, 0.5) is 5.69 Å². The van der Waals surface area contributed by atoms with E-state index in [2.05, 4.69) is 0 Å². The summed E-state index contributed by atoms with van der Waals surface area (Å²) in [7, 11) is 1.51. The molecule has 2 rings (SSSR count). The van der Waals surface area contributed by atoms with Crippen LogP contribution in [-0.4, -0.2) is 48.6 Å². The van der Waals surface area contributed by atoms with Crippen molar-refractivity contribution < 1.29 is 14.7 Å². The van der Waals surface area contributed by atoms with Crippen LogP contribution in [0.1, 0.15) is 18.4 Å². The molecule has 1 aromatic carbocycles. The molecular formula is C14H18N2O3. The smallest absolute Gasteiger partial charge is 0.248 e. The molecule has 0 saturated carbocycles. The summed E-state index contributed by atoms with van der Waals surface area (Å²) in [6.07, 6.45) is 0. The van der Waals surface area contributed by atoms with Crippen LogP contribution in [0.2, 0.25) is 0 Å². The molecule has 19 heavy (non-hydrogen) atoms. The minimum atomic E-state index is -0.191. The second-order valence-corrected chi connectivity index (χ2v) is 4.88. The van der Waals surface area contributed by atoms with Gasteiger partial charge in [-0.2, -0.15) is 0 Å². The highest BCUT2D eigenvalue weighted by Gasteiger charge is 2.28. The van der Waals surface area contributed by atoms with Crippen LogP contribution in [0.5, 0.6) is 0 Å². The van der Waals surface area contributed by atoms with Crippen molar-refractivity contribution in [3.05, 3.63) is 29.8 Å². The van der Waals surface area contributed by atoms with Crippen LogP contribution < -0.4 is 4.90 Å². The first-order chi connectivity index (χ1) is 9.02. The van der Waals surface area contributed by atoms with E-state index in [-0.39, 0.29) is 37.4 Å². The summed E-state index contributed by atoms with van der Waals surface area (Å²) in [6.45, 7) is 2.48. The lowest BCUT2D eigenvalue weighted by molar-refractivity contribution is -0.143. The summed E-state index contributed by atoms with van der Waals surface area (Å²) in [5.74, 6) is -0.294. The van der Waals surface area contributed by atoms with E-state index >= 15 is 0 Å². The maximum absolute atomic E-state index is 11.6. The van der Waals surface area contributed by atoms with Crippen LogP contribution in [0.15, 0.2) is 24.3 Å². The Balaban J connectivity index is 2.14. The van der Waals surface area contributed by atoms with Crippen LogP contribution in [0.25, 0.3) is 0 Å². The average Bonchev–Trinajstić information content (AvgIpc) is 2.43. The fraction of sp³-hybridized carbons (Fsp3) is 0.429. The third-order valence-corrected chi connectivity index (χ3v) is 3.50. The highest BCUT2D eigenvalue weighted by Crippen LogP contribution is 2.21. The number of imide groups is 1. The number of piperazine rings is 1. The number of benzene rings is 1. The summed E-state index contributed by atoms with van der Waals surface area (Å²) < 4.78 is 0. The maximum Gasteiger partial charge on any atom is 0.248 e. The molecule has 1 saturated heterocycles. The topological polar surface area (TPSA) is 60.9 Å². The van der Waals surface area contributed by atoms with Gasteiger partial charge in [0.25, 0.3) is 0 Å². The molecule has 0 aromatic heterocycles. The fourth-order valence-electron chi connectivity index (χ4n) is 2.04. The van der Waals surface area contributed by atoms with Gasteiger partial charge in [0.15, 0.2) is 0 Å². The number of hydrogen-bond donors (Lipinski definition) is 1. The number of carbonyl (C=O) groups excluding carboxylic acids is 2. The molecule has 0 aliphatic carbocycles. The third kappa shape index (κ3) is 2.76. The molecule has 1 aliphatic heterocycles. The highest BCUT2D eigenvalue weighted by molar-refractivity contribution is 6.02. The van der Waals surface area contributed by atoms with Gasteiger partial charge in [-0.05, 0) is 17.7 Å². The Morgan fingerprint density at radius 1 is 1.16 bits per heavy atom. The molecule has 1 fully saturated rings. The maximum atomic E-state index is 11.6. The largest absolute Gasteiger partial charge is 0.396 e. The number of rotatable bonds is 3. The van der Waals surface area contributed by atoms with E-state index in [1.165, 1.54) is 11.9 Å². The van der Waals surface area contributed by atoms with Gasteiger partial charge in [-0.15, -0.1) is 0 Å². The predicted octanol–water partition coefficient (Wildman–Crippen LogP) is 0.587. The van der Waals surface area contributed by atoms with E-state index in [1.807, 2.05) is 31.2 Å². The van der Waals surface area contributed by atoms with E-state index < -0.39 is 0 Å². The zero-order valence-electron chi connectivity index (χ0n) is 11.2. The normalized spacial score (nSPS) is 17.8. The molecule has 2 amide bonds. The van der Waals surface area contributed by atoms with Crippen molar-refractivity contribution in [2.75, 3.05) is 31.6 Å². The Labute approximate surface area is 112 Å². The van der Waals surface area contributed by atoms with Crippen molar-refractivity contribution in [2.45, 2.75) is 12.8 Å². The Kier molecular flexibility index (Phi) is 3.85. The molecule has 0 radical (unpaired) electrons. The van der Waals surface area contributed by atoms with Gasteiger partial charge in [0, 0.05) is 25.3 Å². The first-order valence-electron chi connectivity index (χ1n) is 6.28. The molecule has 1 N–H and O–H groups in total. The number of amides is 2. The quantitative estimate of drug-likeness (QED) is 0.810. The molecule has 5 nitrogen and oxygen atoms in total. The van der Waals surface area contributed by atoms with Gasteiger partial charge in [-0.1, -0.05) is 19.1 Å². The molecule has 5 heteroatoms. The highest BCUT2D eigenvalue weighted by atomic mass is 16.3. The number of aliphatic hydroxyl groups is 1. The number of aliphatic hydroxyl groups excluding tert-OH is 1. The zero-order chi connectivity index (χ0) is 14.0. The van der Waals surface area contributed by atoms with Crippen LogP contribution in [0, 0.1) is 0 Å². The monoisotopic (exact) mass is 262 g/mol. The second kappa shape index (κ2) is 5.40. The Morgan fingerprint density at radius 3 is 2.16 bits per heavy atom. The molecule has 1 aromatic rings. The van der Waals surface area contributed by atoms with Crippen LogP contribution >= 0.6 is 0 Å². The lowest BCUT2D eigenvalue weighted by Gasteiger charge is -2.32. The van der Waals surface area contributed by atoms with Crippen molar-refractivity contribution in [3.8, 4) is 0 Å². The third-order valence-electron chi connectivity index (χ3n) is 3.50. The van der Waals surface area contributed by atoms with Gasteiger partial charge in [-0.3, -0.25) is 14.5 Å². The first kappa shape index (κ1) is 13.5. The zero-order valence-corrected chi connectivity index (χ0v) is 11.2. The standard InChI is InChI=1S/C14H18N2O3/c1-10(9-17)11-3-5-12(6-4-11)16-7-13(18)15(2)14(19)8-16/h3-6,10,17H,7-9H2,1-2H3. The van der Waals surface area contributed by atoms with Gasteiger partial charge in [0.05, 0.1) is 13.1 Å². The Morgan fingerprint density at radius 2 is 1.68 bits per heavy atom. The molecule has 1 atom stereocenters. The van der Waals surface area contributed by atoms with E-state index in [0.717, 1.165) is 11.3 Å². The lowest BCUT2D eigenvalue weighted by atomic mass is 10.0. The lowest BCUT2D eigenvalue weighted by Crippen LogP contribution is -2.52. The summed E-state index contributed by atoms with van der Waals surface area (Å²) >= 11 is 0. The first-order valence-corrected chi connectivity index (χ1v) is 6.28. The van der Waals surface area contributed by atoms with Gasteiger partial charge >= 0.3 is 0 Å². The van der Waals surface area contributed by atoms with Gasteiger partial charge in [0.1, 0.15) is 0 Å². The van der Waals surface area contributed by atoms with Gasteiger partial charge in [-0.25, -0.2) is 0 Å². The van der Waals surface area contributed by atoms with Crippen molar-refractivity contribution in [1.29, 1.82) is 0 Å². The number of likely N-dealkylation sites (N-methyl/N-ethyl adjacent to an activating group) is 1. The van der Waals surface area contributed by atoms with E-state index in [4.69, 9.17) is 5.11 Å². The summed E-state index contributed by atoms with van der Waals surface area (Å²) in [5.41, 5.74) is 1.89. The minimum absolute atomic E-state index is 0.0878. The molecular weight excluding hydrogens is 244 g/mol. The number of carbonyl (C=O) groups is 2. The number of hydrogen-bond acceptors (Lipinski definition) is 4. The molecule has 1 unspecified atom stereocenters. The Bertz CT molecular complexity index is 466. The Hall–Kier alpha value is -1.88. The fourth-order valence-corrected chi connectivity index (χ4v) is 2.04. The van der Waals surface area contributed by atoms with Crippen LogP contribution in [0.3, 0.4) is 0 Å². The van der Waals surface area contributed by atoms with E-state index in [9.17, 15) is 9.59 Å². The SMILES string of the molecule is CC(CO)c1ccc(N2CC(=O)N(C)C(=O)C2)cc1. The molecule has 1 aliphatic rings.